The van der Waals surface area contributed by atoms with E-state index in [1.807, 2.05) is 43.3 Å². The Morgan fingerprint density at radius 3 is 2.50 bits per heavy atom. The minimum Gasteiger partial charge on any atom is -0.490 e. The summed E-state index contributed by atoms with van der Waals surface area (Å²) in [7, 11) is 2.13. The highest BCUT2D eigenvalue weighted by Crippen LogP contribution is 2.25. The summed E-state index contributed by atoms with van der Waals surface area (Å²) in [6.07, 6.45) is 2.24. The molecule has 2 aromatic rings. The zero-order valence-corrected chi connectivity index (χ0v) is 17.1. The van der Waals surface area contributed by atoms with Gasteiger partial charge in [0.2, 0.25) is 0 Å². The van der Waals surface area contributed by atoms with Crippen LogP contribution < -0.4 is 14.8 Å². The summed E-state index contributed by atoms with van der Waals surface area (Å²) in [5.74, 6) is 1.13. The molecule has 3 rings (SSSR count). The van der Waals surface area contributed by atoms with Crippen LogP contribution in [0.1, 0.15) is 26.2 Å². The number of amides is 1. The maximum atomic E-state index is 12.6. The number of carbonyl (C=O) groups is 1. The molecule has 1 saturated heterocycles. The van der Waals surface area contributed by atoms with Crippen LogP contribution in [0, 0.1) is 0 Å². The van der Waals surface area contributed by atoms with Crippen molar-refractivity contribution in [3.05, 3.63) is 53.6 Å². The van der Waals surface area contributed by atoms with Crippen LogP contribution in [-0.4, -0.2) is 43.2 Å². The average Bonchev–Trinajstić information content (AvgIpc) is 2.70. The lowest BCUT2D eigenvalue weighted by Gasteiger charge is -2.29. The molecule has 0 spiro atoms. The van der Waals surface area contributed by atoms with Crippen LogP contribution in [0.3, 0.4) is 0 Å². The number of nitrogens with one attached hydrogen (secondary N) is 1. The second-order valence-corrected chi connectivity index (χ2v) is 7.49. The quantitative estimate of drug-likeness (QED) is 0.734. The number of hydrogen-bond acceptors (Lipinski definition) is 4. The Kier molecular flexibility index (Phi) is 7.18. The molecule has 5 nitrogen and oxygen atoms in total. The number of nitrogens with zero attached hydrogens (tertiary/aromatic N) is 1. The predicted octanol–water partition coefficient (Wildman–Crippen LogP) is 4.61. The first-order chi connectivity index (χ1) is 13.5. The van der Waals surface area contributed by atoms with Crippen molar-refractivity contribution in [1.82, 2.24) is 4.90 Å². The van der Waals surface area contributed by atoms with Gasteiger partial charge in [-0.1, -0.05) is 30.7 Å². The molecule has 0 aromatic heterocycles. The van der Waals surface area contributed by atoms with Gasteiger partial charge in [-0.25, -0.2) is 0 Å². The Morgan fingerprint density at radius 2 is 1.86 bits per heavy atom. The highest BCUT2D eigenvalue weighted by atomic mass is 35.5. The normalized spacial score (nSPS) is 16.4. The van der Waals surface area contributed by atoms with Gasteiger partial charge in [0.15, 0.2) is 6.10 Å². The lowest BCUT2D eigenvalue weighted by Crippen LogP contribution is -2.35. The Morgan fingerprint density at radius 1 is 1.18 bits per heavy atom. The van der Waals surface area contributed by atoms with Gasteiger partial charge in [-0.3, -0.25) is 4.79 Å². The second-order valence-electron chi connectivity index (χ2n) is 7.08. The molecule has 0 aliphatic carbocycles. The molecule has 150 valence electrons. The van der Waals surface area contributed by atoms with Gasteiger partial charge in [0.05, 0.1) is 5.02 Å². The molecule has 1 amide bonds. The number of ether oxygens (including phenoxy) is 2. The Hall–Kier alpha value is -2.24. The Balaban J connectivity index is 1.55. The minimum atomic E-state index is -0.616. The first-order valence-corrected chi connectivity index (χ1v) is 10.1. The van der Waals surface area contributed by atoms with Crippen molar-refractivity contribution >= 4 is 23.2 Å². The van der Waals surface area contributed by atoms with Crippen molar-refractivity contribution in [3.63, 3.8) is 0 Å². The fourth-order valence-corrected chi connectivity index (χ4v) is 3.33. The Bertz CT molecular complexity index is 774. The van der Waals surface area contributed by atoms with Crippen LogP contribution in [-0.2, 0) is 4.79 Å². The van der Waals surface area contributed by atoms with Crippen molar-refractivity contribution in [1.29, 1.82) is 0 Å². The number of para-hydroxylation sites is 1. The molecule has 1 fully saturated rings. The Labute approximate surface area is 171 Å². The number of anilines is 1. The first-order valence-electron chi connectivity index (χ1n) is 9.72. The smallest absolute Gasteiger partial charge is 0.265 e. The molecule has 0 bridgehead atoms. The summed E-state index contributed by atoms with van der Waals surface area (Å²) < 4.78 is 11.8. The summed E-state index contributed by atoms with van der Waals surface area (Å²) in [5.41, 5.74) is 0.710. The lowest BCUT2D eigenvalue weighted by atomic mass is 10.1. The van der Waals surface area contributed by atoms with Crippen LogP contribution in [0.4, 0.5) is 5.69 Å². The molecule has 2 aromatic carbocycles. The van der Waals surface area contributed by atoms with Gasteiger partial charge in [0.1, 0.15) is 17.6 Å². The lowest BCUT2D eigenvalue weighted by molar-refractivity contribution is -0.122. The van der Waals surface area contributed by atoms with Crippen molar-refractivity contribution < 1.29 is 14.3 Å². The van der Waals surface area contributed by atoms with E-state index in [1.54, 1.807) is 12.1 Å². The molecule has 6 heteroatoms. The predicted molar refractivity (Wildman–Crippen MR) is 112 cm³/mol. The fourth-order valence-electron chi connectivity index (χ4n) is 3.15. The van der Waals surface area contributed by atoms with Crippen LogP contribution in [0.15, 0.2) is 48.5 Å². The van der Waals surface area contributed by atoms with Crippen molar-refractivity contribution in [3.8, 4) is 11.5 Å². The number of hydrogen-bond donors (Lipinski definition) is 1. The number of piperidine rings is 1. The molecule has 1 heterocycles. The monoisotopic (exact) mass is 402 g/mol. The number of benzene rings is 2. The fraction of sp³-hybridized carbons (Fsp3) is 0.409. The van der Waals surface area contributed by atoms with Crippen LogP contribution in [0.5, 0.6) is 11.5 Å². The number of halogens is 1. The van der Waals surface area contributed by atoms with E-state index in [0.717, 1.165) is 31.7 Å². The van der Waals surface area contributed by atoms with Crippen molar-refractivity contribution in [2.45, 2.75) is 38.4 Å². The highest BCUT2D eigenvalue weighted by Gasteiger charge is 2.20. The summed E-state index contributed by atoms with van der Waals surface area (Å²) >= 11 is 6.12. The van der Waals surface area contributed by atoms with Gasteiger partial charge in [0.25, 0.3) is 5.91 Å². The number of rotatable bonds is 7. The van der Waals surface area contributed by atoms with Gasteiger partial charge >= 0.3 is 0 Å². The van der Waals surface area contributed by atoms with E-state index in [1.165, 1.54) is 0 Å². The molecular formula is C22H27ClN2O3. The van der Waals surface area contributed by atoms with E-state index in [-0.39, 0.29) is 12.0 Å². The van der Waals surface area contributed by atoms with Gasteiger partial charge in [-0.05, 0) is 62.7 Å². The molecule has 0 saturated carbocycles. The van der Waals surface area contributed by atoms with E-state index in [0.29, 0.717) is 22.9 Å². The standard InChI is InChI=1S/C22H27ClN2O3/c1-3-20(28-21-7-5-4-6-19(21)23)22(26)24-16-8-10-17(11-9-16)27-18-12-14-25(2)15-13-18/h4-11,18,20H,3,12-15H2,1-2H3,(H,24,26)/t20-/m0/s1. The van der Waals surface area contributed by atoms with E-state index >= 15 is 0 Å². The van der Waals surface area contributed by atoms with Gasteiger partial charge in [0, 0.05) is 18.8 Å². The van der Waals surface area contributed by atoms with Crippen LogP contribution in [0.2, 0.25) is 5.02 Å². The third-order valence-electron chi connectivity index (χ3n) is 4.86. The summed E-state index contributed by atoms with van der Waals surface area (Å²) in [5, 5.41) is 3.39. The molecule has 1 aliphatic rings. The second kappa shape index (κ2) is 9.80. The number of carbonyl (C=O) groups excluding carboxylic acids is 1. The topological polar surface area (TPSA) is 50.8 Å². The molecule has 28 heavy (non-hydrogen) atoms. The molecule has 0 radical (unpaired) electrons. The summed E-state index contributed by atoms with van der Waals surface area (Å²) in [4.78, 5) is 14.9. The van der Waals surface area contributed by atoms with E-state index in [2.05, 4.69) is 17.3 Å². The van der Waals surface area contributed by atoms with Crippen molar-refractivity contribution in [2.75, 3.05) is 25.5 Å². The van der Waals surface area contributed by atoms with Crippen LogP contribution >= 0.6 is 11.6 Å². The SMILES string of the molecule is CC[C@H](Oc1ccccc1Cl)C(=O)Nc1ccc(OC2CCN(C)CC2)cc1. The van der Waals surface area contributed by atoms with Crippen molar-refractivity contribution in [2.24, 2.45) is 0 Å². The van der Waals surface area contributed by atoms with Crippen LogP contribution in [0.25, 0.3) is 0 Å². The minimum absolute atomic E-state index is 0.202. The first kappa shape index (κ1) is 20.5. The van der Waals surface area contributed by atoms with Gasteiger partial charge in [-0.15, -0.1) is 0 Å². The summed E-state index contributed by atoms with van der Waals surface area (Å²) in [6.45, 7) is 4.02. The third kappa shape index (κ3) is 5.63. The molecule has 1 aliphatic heterocycles. The average molecular weight is 403 g/mol. The van der Waals surface area contributed by atoms with E-state index in [9.17, 15) is 4.79 Å². The summed E-state index contributed by atoms with van der Waals surface area (Å²) in [6, 6.07) is 14.6. The highest BCUT2D eigenvalue weighted by molar-refractivity contribution is 6.32. The maximum absolute atomic E-state index is 12.6. The van der Waals surface area contributed by atoms with E-state index in [4.69, 9.17) is 21.1 Å². The molecule has 1 N–H and O–H groups in total. The van der Waals surface area contributed by atoms with Gasteiger partial charge < -0.3 is 19.7 Å². The molecule has 0 unspecified atom stereocenters. The zero-order valence-electron chi connectivity index (χ0n) is 16.4. The third-order valence-corrected chi connectivity index (χ3v) is 5.17. The maximum Gasteiger partial charge on any atom is 0.265 e. The zero-order chi connectivity index (χ0) is 19.9. The largest absolute Gasteiger partial charge is 0.490 e. The number of likely N-dealkylation sites (tertiary alicyclic amines) is 1. The van der Waals surface area contributed by atoms with Gasteiger partial charge in [-0.2, -0.15) is 0 Å². The van der Waals surface area contributed by atoms with E-state index < -0.39 is 6.10 Å². The molecular weight excluding hydrogens is 376 g/mol. The molecule has 1 atom stereocenters.